The standard InChI is InChI=1S/C12H15IN2O4/c13-9(16)3-1-2-4-10(17)14-7-8-15-11(18)5-6-12(15)19/h5-6H,1-4,7-8H2,(H,14,17). The molecule has 0 radical (unpaired) electrons. The minimum Gasteiger partial charge on any atom is -0.354 e. The van der Waals surface area contributed by atoms with Crippen molar-refractivity contribution in [3.8, 4) is 0 Å². The summed E-state index contributed by atoms with van der Waals surface area (Å²) in [5, 5.41) is 2.64. The van der Waals surface area contributed by atoms with Gasteiger partial charge in [0.15, 0.2) is 3.79 Å². The number of hydrogen-bond donors (Lipinski definition) is 1. The van der Waals surface area contributed by atoms with Crippen LogP contribution in [0.5, 0.6) is 0 Å². The number of nitrogens with one attached hydrogen (secondary N) is 1. The molecule has 0 unspecified atom stereocenters. The van der Waals surface area contributed by atoms with E-state index in [1.54, 1.807) is 22.6 Å². The van der Waals surface area contributed by atoms with E-state index in [4.69, 9.17) is 0 Å². The van der Waals surface area contributed by atoms with Gasteiger partial charge in [-0.25, -0.2) is 0 Å². The third kappa shape index (κ3) is 5.95. The molecule has 0 aromatic rings. The minimum atomic E-state index is -0.347. The molecule has 19 heavy (non-hydrogen) atoms. The van der Waals surface area contributed by atoms with Gasteiger partial charge in [0.05, 0.1) is 0 Å². The molecule has 3 amide bonds. The van der Waals surface area contributed by atoms with E-state index in [1.165, 1.54) is 12.2 Å². The first-order chi connectivity index (χ1) is 9.00. The summed E-state index contributed by atoms with van der Waals surface area (Å²) < 4.78 is 0.0940. The number of hydrogen-bond acceptors (Lipinski definition) is 4. The molecule has 1 heterocycles. The fourth-order valence-corrected chi connectivity index (χ4v) is 1.98. The Bertz CT molecular complexity index is 402. The SMILES string of the molecule is O=C(I)CCCCC(=O)NCCN1C(=O)C=CC1=O. The molecule has 1 aliphatic heterocycles. The fraction of sp³-hybridized carbons (Fsp3) is 0.500. The van der Waals surface area contributed by atoms with Crippen molar-refractivity contribution in [1.82, 2.24) is 10.2 Å². The Morgan fingerprint density at radius 3 is 2.26 bits per heavy atom. The lowest BCUT2D eigenvalue weighted by Gasteiger charge is -2.13. The quantitative estimate of drug-likeness (QED) is 0.289. The zero-order chi connectivity index (χ0) is 14.3. The van der Waals surface area contributed by atoms with Crippen LogP contribution in [0.4, 0.5) is 0 Å². The fourth-order valence-electron chi connectivity index (χ4n) is 1.60. The van der Waals surface area contributed by atoms with Gasteiger partial charge < -0.3 is 5.32 Å². The van der Waals surface area contributed by atoms with Crippen molar-refractivity contribution >= 4 is 44.1 Å². The van der Waals surface area contributed by atoms with Crippen LogP contribution in [0.25, 0.3) is 0 Å². The molecule has 0 aliphatic carbocycles. The smallest absolute Gasteiger partial charge is 0.253 e. The number of imide groups is 1. The van der Waals surface area contributed by atoms with E-state index in [0.717, 1.165) is 4.90 Å². The van der Waals surface area contributed by atoms with Gasteiger partial charge in [-0.3, -0.25) is 24.1 Å². The van der Waals surface area contributed by atoms with Crippen molar-refractivity contribution in [2.75, 3.05) is 13.1 Å². The van der Waals surface area contributed by atoms with Crippen LogP contribution < -0.4 is 5.32 Å². The van der Waals surface area contributed by atoms with Gasteiger partial charge in [-0.05, 0) is 35.4 Å². The molecule has 1 aliphatic rings. The predicted octanol–water partition coefficient (Wildman–Crippen LogP) is 0.550. The highest BCUT2D eigenvalue weighted by Gasteiger charge is 2.22. The van der Waals surface area contributed by atoms with Crippen molar-refractivity contribution in [2.24, 2.45) is 0 Å². The maximum atomic E-state index is 11.4. The van der Waals surface area contributed by atoms with E-state index in [9.17, 15) is 19.2 Å². The van der Waals surface area contributed by atoms with E-state index < -0.39 is 0 Å². The molecule has 0 atom stereocenters. The van der Waals surface area contributed by atoms with Gasteiger partial charge in [0.25, 0.3) is 11.8 Å². The van der Waals surface area contributed by atoms with Crippen LogP contribution >= 0.6 is 22.6 Å². The lowest BCUT2D eigenvalue weighted by atomic mass is 10.2. The third-order valence-corrected chi connectivity index (χ3v) is 3.12. The van der Waals surface area contributed by atoms with Crippen molar-refractivity contribution in [3.05, 3.63) is 12.2 Å². The first-order valence-electron chi connectivity index (χ1n) is 5.99. The van der Waals surface area contributed by atoms with Crippen LogP contribution in [0, 0.1) is 0 Å². The van der Waals surface area contributed by atoms with Crippen LogP contribution in [0.2, 0.25) is 0 Å². The second-order valence-corrected chi connectivity index (χ2v) is 5.28. The van der Waals surface area contributed by atoms with Crippen LogP contribution in [0.1, 0.15) is 25.7 Å². The Morgan fingerprint density at radius 2 is 1.68 bits per heavy atom. The molecule has 7 heteroatoms. The second kappa shape index (κ2) is 8.03. The van der Waals surface area contributed by atoms with Crippen molar-refractivity contribution in [1.29, 1.82) is 0 Å². The maximum absolute atomic E-state index is 11.4. The van der Waals surface area contributed by atoms with Gasteiger partial charge in [0, 0.05) is 38.1 Å². The lowest BCUT2D eigenvalue weighted by molar-refractivity contribution is -0.137. The first kappa shape index (κ1) is 15.8. The molecule has 104 valence electrons. The molecule has 0 saturated heterocycles. The normalized spacial score (nSPS) is 14.1. The Balaban J connectivity index is 2.09. The zero-order valence-electron chi connectivity index (χ0n) is 10.4. The monoisotopic (exact) mass is 378 g/mol. The Labute approximate surface area is 124 Å². The highest BCUT2D eigenvalue weighted by molar-refractivity contribution is 14.1. The zero-order valence-corrected chi connectivity index (χ0v) is 12.5. The van der Waals surface area contributed by atoms with Crippen molar-refractivity contribution < 1.29 is 19.2 Å². The van der Waals surface area contributed by atoms with E-state index >= 15 is 0 Å². The summed E-state index contributed by atoms with van der Waals surface area (Å²) in [4.78, 5) is 45.6. The second-order valence-electron chi connectivity index (χ2n) is 4.07. The van der Waals surface area contributed by atoms with E-state index in [-0.39, 0.29) is 34.6 Å². The Morgan fingerprint density at radius 1 is 1.11 bits per heavy atom. The average molecular weight is 378 g/mol. The number of amides is 3. The molecule has 0 bridgehead atoms. The highest BCUT2D eigenvalue weighted by Crippen LogP contribution is 2.04. The lowest BCUT2D eigenvalue weighted by Crippen LogP contribution is -2.38. The topological polar surface area (TPSA) is 83.6 Å². The van der Waals surface area contributed by atoms with Gasteiger partial charge >= 0.3 is 0 Å². The summed E-state index contributed by atoms with van der Waals surface area (Å²) in [7, 11) is 0. The van der Waals surface area contributed by atoms with Crippen LogP contribution in [-0.2, 0) is 19.2 Å². The van der Waals surface area contributed by atoms with E-state index in [2.05, 4.69) is 5.32 Å². The number of rotatable bonds is 8. The summed E-state index contributed by atoms with van der Waals surface area (Å²) in [6.07, 6.45) is 4.61. The number of carbonyl (C=O) groups is 4. The summed E-state index contributed by atoms with van der Waals surface area (Å²) in [5.41, 5.74) is 0. The molecule has 0 fully saturated rings. The maximum Gasteiger partial charge on any atom is 0.253 e. The van der Waals surface area contributed by atoms with Gasteiger partial charge in [-0.2, -0.15) is 0 Å². The Kier molecular flexibility index (Phi) is 6.68. The summed E-state index contributed by atoms with van der Waals surface area (Å²) in [6, 6.07) is 0. The number of nitrogens with zero attached hydrogens (tertiary/aromatic N) is 1. The van der Waals surface area contributed by atoms with Crippen LogP contribution in [0.3, 0.4) is 0 Å². The summed E-state index contributed by atoms with van der Waals surface area (Å²) in [5.74, 6) is -0.826. The predicted molar refractivity (Wildman–Crippen MR) is 76.4 cm³/mol. The van der Waals surface area contributed by atoms with Gasteiger partial charge in [-0.15, -0.1) is 0 Å². The number of carbonyl (C=O) groups excluding carboxylic acids is 4. The van der Waals surface area contributed by atoms with Crippen LogP contribution in [0.15, 0.2) is 12.2 Å². The van der Waals surface area contributed by atoms with Gasteiger partial charge in [0.2, 0.25) is 5.91 Å². The molecular formula is C12H15IN2O4. The van der Waals surface area contributed by atoms with Gasteiger partial charge in [-0.1, -0.05) is 0 Å². The molecular weight excluding hydrogens is 363 g/mol. The minimum absolute atomic E-state index is 0.0940. The van der Waals surface area contributed by atoms with E-state index in [1.807, 2.05) is 0 Å². The van der Waals surface area contributed by atoms with Crippen molar-refractivity contribution in [3.63, 3.8) is 0 Å². The molecule has 1 N–H and O–H groups in total. The summed E-state index contributed by atoms with van der Waals surface area (Å²) in [6.45, 7) is 0.436. The van der Waals surface area contributed by atoms with Gasteiger partial charge in [0.1, 0.15) is 0 Å². The molecule has 1 rings (SSSR count). The Hall–Kier alpha value is -1.25. The highest BCUT2D eigenvalue weighted by atomic mass is 127. The molecule has 0 aromatic heterocycles. The molecule has 6 nitrogen and oxygen atoms in total. The third-order valence-electron chi connectivity index (χ3n) is 2.59. The number of unbranched alkanes of at least 4 members (excludes halogenated alkanes) is 1. The number of halogens is 1. The molecule has 0 saturated carbocycles. The summed E-state index contributed by atoms with van der Waals surface area (Å²) >= 11 is 1.73. The molecule has 0 spiro atoms. The largest absolute Gasteiger partial charge is 0.354 e. The first-order valence-corrected chi connectivity index (χ1v) is 7.07. The van der Waals surface area contributed by atoms with Crippen molar-refractivity contribution in [2.45, 2.75) is 25.7 Å². The van der Waals surface area contributed by atoms with E-state index in [0.29, 0.717) is 25.7 Å². The average Bonchev–Trinajstić information content (AvgIpc) is 2.66. The van der Waals surface area contributed by atoms with Crippen LogP contribution in [-0.4, -0.2) is 39.5 Å². The molecule has 0 aromatic carbocycles.